The Hall–Kier alpha value is -5.99. The third-order valence-electron chi connectivity index (χ3n) is 13.0. The second-order valence-corrected chi connectivity index (χ2v) is 20.4. The van der Waals surface area contributed by atoms with Crippen LogP contribution in [0, 0.1) is 23.7 Å². The maximum absolute atomic E-state index is 14.3. The van der Waals surface area contributed by atoms with Crippen LogP contribution in [0.15, 0.2) is 0 Å². The zero-order valence-corrected chi connectivity index (χ0v) is 46.1. The Balaban J connectivity index is 6.78. The molecule has 76 heavy (non-hydrogen) atoms. The monoisotopic (exact) mass is 1080 g/mol. The molecular weight excluding hydrogens is 989 g/mol. The Morgan fingerprint density at radius 1 is 0.421 bits per heavy atom. The first-order chi connectivity index (χ1) is 35.7. The molecule has 26 nitrogen and oxygen atoms in total. The van der Waals surface area contributed by atoms with Gasteiger partial charge in [-0.1, -0.05) is 74.7 Å². The lowest BCUT2D eigenvalue weighted by atomic mass is 9.94. The van der Waals surface area contributed by atoms with Crippen molar-refractivity contribution in [1.29, 1.82) is 0 Å². The summed E-state index contributed by atoms with van der Waals surface area (Å²) in [5.41, 5.74) is 34.0. The summed E-state index contributed by atoms with van der Waals surface area (Å²) in [5, 5.41) is 30.5. The van der Waals surface area contributed by atoms with Gasteiger partial charge >= 0.3 is 5.97 Å². The number of carboxylic acids is 1. The first-order valence-electron chi connectivity index (χ1n) is 26.8. The molecule has 26 heteroatoms. The van der Waals surface area contributed by atoms with Crippen molar-refractivity contribution in [2.45, 2.75) is 206 Å². The number of unbranched alkanes of at least 4 members (excludes halogenated alkanes) is 3. The highest BCUT2D eigenvalue weighted by molar-refractivity contribution is 5.99. The number of rotatable bonds is 41. The van der Waals surface area contributed by atoms with Gasteiger partial charge in [0.2, 0.25) is 59.1 Å². The van der Waals surface area contributed by atoms with E-state index in [0.29, 0.717) is 64.3 Å². The molecule has 21 N–H and O–H groups in total. The second-order valence-electron chi connectivity index (χ2n) is 20.4. The fraction of sp³-hybridized carbons (Fsp3) is 0.780. The van der Waals surface area contributed by atoms with Crippen LogP contribution in [-0.4, -0.2) is 144 Å². The number of primary amides is 2. The van der Waals surface area contributed by atoms with E-state index in [1.807, 2.05) is 0 Å². The smallest absolute Gasteiger partial charge is 0.326 e. The number of carboxylic acid groups (broad SMARTS) is 1. The summed E-state index contributed by atoms with van der Waals surface area (Å²) in [6.07, 6.45) is 2.59. The first kappa shape index (κ1) is 70.0. The number of aliphatic carboxylic acids is 1. The number of carbonyl (C=O) groups is 11. The van der Waals surface area contributed by atoms with Gasteiger partial charge in [0.05, 0.1) is 12.5 Å². The van der Waals surface area contributed by atoms with Crippen LogP contribution in [0.2, 0.25) is 0 Å². The van der Waals surface area contributed by atoms with E-state index >= 15 is 0 Å². The number of hydrogen-bond acceptors (Lipinski definition) is 15. The molecule has 0 unspecified atom stereocenters. The van der Waals surface area contributed by atoms with Crippen LogP contribution in [0.5, 0.6) is 0 Å². The zero-order chi connectivity index (χ0) is 58.2. The molecule has 0 aromatic rings. The van der Waals surface area contributed by atoms with Crippen molar-refractivity contribution in [2.75, 3.05) is 19.6 Å². The Labute approximate surface area is 448 Å². The average molecular weight is 1080 g/mol. The number of nitrogens with one attached hydrogen (secondary N) is 8. The normalized spacial score (nSPS) is 15.7. The van der Waals surface area contributed by atoms with Gasteiger partial charge in [0.1, 0.15) is 48.3 Å². The standard InChI is InChI=1S/C50H94N14O12/c1-9-29(7)40(64-49(74)41(30(8)10-2)63-45(70)34(20-21-37(55)65)59-47(72)39(28(5)6)62-42(67)31(54)17-11-14-22-51)48(73)60-35(26-38(56)66)46(71)58-32(18-12-15-23-52)43(68)57-33(19-13-16-24-53)44(69)61-36(50(75)76)25-27(3)4/h27-36,39-41H,9-26,51-54H2,1-8H3,(H2,55,65)(H2,56,66)(H,57,68)(H,58,71)(H,59,72)(H,60,73)(H,61,69)(H,62,67)(H,63,70)(H,64,74)(H,75,76)/t29-,30-,31-,32-,33-,34-,35-,36-,39-,40-,41-/m0/s1. The predicted molar refractivity (Wildman–Crippen MR) is 285 cm³/mol. The molecule has 0 rings (SSSR count). The summed E-state index contributed by atoms with van der Waals surface area (Å²) in [6.45, 7) is 14.6. The molecule has 0 aliphatic heterocycles. The molecule has 0 aromatic carbocycles. The van der Waals surface area contributed by atoms with Crippen molar-refractivity contribution in [3.8, 4) is 0 Å². The van der Waals surface area contributed by atoms with Crippen LogP contribution < -0.4 is 76.9 Å². The van der Waals surface area contributed by atoms with Crippen LogP contribution >= 0.6 is 0 Å². The lowest BCUT2D eigenvalue weighted by Crippen LogP contribution is -2.62. The van der Waals surface area contributed by atoms with Gasteiger partial charge in [0, 0.05) is 6.42 Å². The highest BCUT2D eigenvalue weighted by Gasteiger charge is 2.38. The van der Waals surface area contributed by atoms with Gasteiger partial charge in [0.15, 0.2) is 0 Å². The van der Waals surface area contributed by atoms with Gasteiger partial charge in [-0.2, -0.15) is 0 Å². The minimum Gasteiger partial charge on any atom is -0.480 e. The lowest BCUT2D eigenvalue weighted by Gasteiger charge is -2.31. The summed E-state index contributed by atoms with van der Waals surface area (Å²) in [4.78, 5) is 147. The minimum atomic E-state index is -1.69. The van der Waals surface area contributed by atoms with Gasteiger partial charge < -0.3 is 82.0 Å². The second kappa shape index (κ2) is 37.7. The van der Waals surface area contributed by atoms with E-state index in [-0.39, 0.29) is 51.1 Å². The summed E-state index contributed by atoms with van der Waals surface area (Å²) in [7, 11) is 0. The van der Waals surface area contributed by atoms with E-state index in [0.717, 1.165) is 0 Å². The number of hydrogen-bond donors (Lipinski definition) is 15. The molecule has 0 aliphatic carbocycles. The van der Waals surface area contributed by atoms with E-state index < -0.39 is 144 Å². The van der Waals surface area contributed by atoms with Crippen molar-refractivity contribution in [3.63, 3.8) is 0 Å². The van der Waals surface area contributed by atoms with E-state index in [1.54, 1.807) is 55.4 Å². The molecular formula is C50H94N14O12. The summed E-state index contributed by atoms with van der Waals surface area (Å²) in [5.74, 6) is -11.5. The molecule has 0 bridgehead atoms. The summed E-state index contributed by atoms with van der Waals surface area (Å²) in [6, 6.07) is -11.8. The first-order valence-corrected chi connectivity index (χ1v) is 26.8. The van der Waals surface area contributed by atoms with E-state index in [9.17, 15) is 57.8 Å². The Kier molecular flexibility index (Phi) is 34.7. The van der Waals surface area contributed by atoms with E-state index in [4.69, 9.17) is 34.4 Å². The topological polar surface area (TPSA) is 460 Å². The van der Waals surface area contributed by atoms with Crippen LogP contribution in [0.1, 0.15) is 152 Å². The molecule has 10 amide bonds. The Bertz CT molecular complexity index is 1890. The average Bonchev–Trinajstić information content (AvgIpc) is 3.35. The van der Waals surface area contributed by atoms with Crippen molar-refractivity contribution in [1.82, 2.24) is 42.5 Å². The van der Waals surface area contributed by atoms with Crippen molar-refractivity contribution < 1.29 is 57.8 Å². The highest BCUT2D eigenvalue weighted by atomic mass is 16.4. The summed E-state index contributed by atoms with van der Waals surface area (Å²) >= 11 is 0. The van der Waals surface area contributed by atoms with Crippen LogP contribution in [-0.2, 0) is 52.7 Å². The van der Waals surface area contributed by atoms with Gasteiger partial charge in [-0.15, -0.1) is 0 Å². The van der Waals surface area contributed by atoms with Crippen LogP contribution in [0.25, 0.3) is 0 Å². The molecule has 436 valence electrons. The van der Waals surface area contributed by atoms with Gasteiger partial charge in [0.25, 0.3) is 0 Å². The third-order valence-corrected chi connectivity index (χ3v) is 13.0. The van der Waals surface area contributed by atoms with Crippen LogP contribution in [0.4, 0.5) is 0 Å². The third kappa shape index (κ3) is 27.2. The van der Waals surface area contributed by atoms with Crippen molar-refractivity contribution in [2.24, 2.45) is 58.1 Å². The zero-order valence-electron chi connectivity index (χ0n) is 46.1. The van der Waals surface area contributed by atoms with Gasteiger partial charge in [-0.3, -0.25) is 47.9 Å². The molecule has 0 aromatic heterocycles. The molecule has 11 atom stereocenters. The summed E-state index contributed by atoms with van der Waals surface area (Å²) < 4.78 is 0. The molecule has 0 spiro atoms. The van der Waals surface area contributed by atoms with Crippen molar-refractivity contribution in [3.05, 3.63) is 0 Å². The quantitative estimate of drug-likeness (QED) is 0.0284. The largest absolute Gasteiger partial charge is 0.480 e. The minimum absolute atomic E-state index is 0.00483. The molecule has 0 saturated carbocycles. The van der Waals surface area contributed by atoms with Gasteiger partial charge in [-0.25, -0.2) is 4.79 Å². The Morgan fingerprint density at radius 2 is 0.776 bits per heavy atom. The fourth-order valence-electron chi connectivity index (χ4n) is 7.86. The van der Waals surface area contributed by atoms with Crippen molar-refractivity contribution >= 4 is 65.0 Å². The number of nitrogens with two attached hydrogens (primary N) is 6. The number of amides is 10. The Morgan fingerprint density at radius 3 is 1.18 bits per heavy atom. The van der Waals surface area contributed by atoms with Gasteiger partial charge in [-0.05, 0) is 108 Å². The SMILES string of the molecule is CC[C@H](C)[C@H](NC(=O)[C@H](CCC(N)=O)NC(=O)[C@@H](NC(=O)[C@@H](N)CCCCN)C(C)C)C(=O)N[C@H](C(=O)N[C@@H](CC(N)=O)C(=O)N[C@@H](CCCCN)C(=O)N[C@@H](CCCCN)C(=O)N[C@@H](CC(C)C)C(=O)O)[C@@H](C)CC. The number of carbonyl (C=O) groups excluding carboxylic acids is 10. The molecule has 0 radical (unpaired) electrons. The predicted octanol–water partition coefficient (Wildman–Crippen LogP) is -2.40. The molecule has 0 saturated heterocycles. The lowest BCUT2D eigenvalue weighted by molar-refractivity contribution is -0.143. The fourth-order valence-corrected chi connectivity index (χ4v) is 7.86. The molecule has 0 fully saturated rings. The maximum Gasteiger partial charge on any atom is 0.326 e. The van der Waals surface area contributed by atoms with E-state index in [2.05, 4.69) is 42.5 Å². The molecule has 0 heterocycles. The maximum atomic E-state index is 14.3. The van der Waals surface area contributed by atoms with E-state index in [1.165, 1.54) is 0 Å². The molecule has 0 aliphatic rings. The highest BCUT2D eigenvalue weighted by Crippen LogP contribution is 2.15. The van der Waals surface area contributed by atoms with Crippen LogP contribution in [0.3, 0.4) is 0 Å².